The molecule has 3 nitrogen and oxygen atoms in total. The maximum absolute atomic E-state index is 13.2. The molecule has 0 spiro atoms. The summed E-state index contributed by atoms with van der Waals surface area (Å²) in [7, 11) is 0. The van der Waals surface area contributed by atoms with Gasteiger partial charge < -0.3 is 9.64 Å². The summed E-state index contributed by atoms with van der Waals surface area (Å²) in [6, 6.07) is 4.51. The molecule has 0 radical (unpaired) electrons. The Balaban J connectivity index is 1.56. The highest BCUT2D eigenvalue weighted by molar-refractivity contribution is 7.15. The third-order valence-corrected chi connectivity index (χ3v) is 6.03. The van der Waals surface area contributed by atoms with E-state index in [9.17, 15) is 4.39 Å². The summed E-state index contributed by atoms with van der Waals surface area (Å²) in [6.07, 6.45) is 4.63. The van der Waals surface area contributed by atoms with Crippen LogP contribution >= 0.6 is 22.9 Å². The van der Waals surface area contributed by atoms with Gasteiger partial charge in [0, 0.05) is 22.0 Å². The minimum atomic E-state index is -0.320. The van der Waals surface area contributed by atoms with E-state index in [0.29, 0.717) is 18.2 Å². The first kappa shape index (κ1) is 15.4. The third-order valence-electron chi connectivity index (χ3n) is 4.48. The number of morpholine rings is 1. The first-order chi connectivity index (χ1) is 11.2. The van der Waals surface area contributed by atoms with Crippen LogP contribution in [0.4, 0.5) is 9.52 Å². The summed E-state index contributed by atoms with van der Waals surface area (Å²) in [5.74, 6) is -0.320. The monoisotopic (exact) mass is 352 g/mol. The molecule has 6 heteroatoms. The lowest BCUT2D eigenvalue weighted by Gasteiger charge is -2.33. The Hall–Kier alpha value is -1.17. The molecule has 122 valence electrons. The average molecular weight is 353 g/mol. The first-order valence-corrected chi connectivity index (χ1v) is 9.20. The van der Waals surface area contributed by atoms with Crippen LogP contribution in [0.3, 0.4) is 0 Å². The molecule has 0 amide bonds. The van der Waals surface area contributed by atoms with Gasteiger partial charge in [-0.15, -0.1) is 11.3 Å². The summed E-state index contributed by atoms with van der Waals surface area (Å²) in [5, 5.41) is 1.51. The Kier molecular flexibility index (Phi) is 4.26. The van der Waals surface area contributed by atoms with Crippen molar-refractivity contribution >= 4 is 28.1 Å². The Morgan fingerprint density at radius 1 is 1.30 bits per heavy atom. The molecular weight excluding hydrogens is 335 g/mol. The molecule has 1 fully saturated rings. The quantitative estimate of drug-likeness (QED) is 0.801. The zero-order chi connectivity index (χ0) is 15.8. The van der Waals surface area contributed by atoms with Crippen molar-refractivity contribution in [1.82, 2.24) is 4.98 Å². The maximum atomic E-state index is 13.2. The third kappa shape index (κ3) is 3.10. The number of ether oxygens (including phenoxy) is 1. The van der Waals surface area contributed by atoms with Crippen LogP contribution in [-0.2, 0) is 17.6 Å². The number of thiazole rings is 1. The highest BCUT2D eigenvalue weighted by atomic mass is 35.5. The van der Waals surface area contributed by atoms with Crippen LogP contribution < -0.4 is 4.90 Å². The van der Waals surface area contributed by atoms with Crippen molar-refractivity contribution < 1.29 is 9.13 Å². The molecule has 1 aromatic heterocycles. The normalized spacial score (nSPS) is 21.3. The number of fused-ring (bicyclic) bond motifs is 1. The summed E-state index contributed by atoms with van der Waals surface area (Å²) >= 11 is 8.00. The van der Waals surface area contributed by atoms with Crippen molar-refractivity contribution in [2.24, 2.45) is 0 Å². The zero-order valence-corrected chi connectivity index (χ0v) is 14.3. The Labute approximate surface area is 144 Å². The standard InChI is InChI=1S/C17H18ClFN2OS/c18-13-9-11(19)5-6-12(13)15-10-21(7-8-22-15)17-20-14-3-1-2-4-16(14)23-17/h5-6,9,15H,1-4,7-8,10H2. The van der Waals surface area contributed by atoms with Gasteiger partial charge in [0.05, 0.1) is 18.8 Å². The number of halogens is 2. The Morgan fingerprint density at radius 2 is 2.17 bits per heavy atom. The number of hydrogen-bond acceptors (Lipinski definition) is 4. The predicted molar refractivity (Wildman–Crippen MR) is 91.1 cm³/mol. The number of aryl methyl sites for hydroxylation is 2. The molecule has 0 N–H and O–H groups in total. The number of nitrogens with zero attached hydrogens (tertiary/aromatic N) is 2. The largest absolute Gasteiger partial charge is 0.370 e. The maximum Gasteiger partial charge on any atom is 0.185 e. The van der Waals surface area contributed by atoms with Crippen molar-refractivity contribution in [1.29, 1.82) is 0 Å². The van der Waals surface area contributed by atoms with Crippen molar-refractivity contribution in [2.75, 3.05) is 24.6 Å². The minimum Gasteiger partial charge on any atom is -0.370 e. The van der Waals surface area contributed by atoms with Crippen LogP contribution in [0.1, 0.15) is 35.1 Å². The Bertz CT molecular complexity index is 697. The van der Waals surface area contributed by atoms with Crippen LogP contribution in [0, 0.1) is 5.82 Å². The molecule has 1 aliphatic carbocycles. The summed E-state index contributed by atoms with van der Waals surface area (Å²) in [4.78, 5) is 8.55. The SMILES string of the molecule is Fc1ccc(C2CN(c3nc4c(s3)CCCC4)CCO2)c(Cl)c1. The smallest absolute Gasteiger partial charge is 0.185 e. The van der Waals surface area contributed by atoms with Gasteiger partial charge in [0.25, 0.3) is 0 Å². The fraction of sp³-hybridized carbons (Fsp3) is 0.471. The second-order valence-corrected chi connectivity index (χ2v) is 7.51. The Morgan fingerprint density at radius 3 is 3.00 bits per heavy atom. The number of hydrogen-bond donors (Lipinski definition) is 0. The molecule has 2 aromatic rings. The van der Waals surface area contributed by atoms with Gasteiger partial charge in [0.2, 0.25) is 0 Å². The molecule has 1 atom stereocenters. The van der Waals surface area contributed by atoms with Crippen molar-refractivity contribution in [3.8, 4) is 0 Å². The minimum absolute atomic E-state index is 0.141. The van der Waals surface area contributed by atoms with Crippen molar-refractivity contribution in [3.63, 3.8) is 0 Å². The van der Waals surface area contributed by atoms with E-state index in [1.54, 1.807) is 6.07 Å². The van der Waals surface area contributed by atoms with Crippen LogP contribution in [0.5, 0.6) is 0 Å². The number of rotatable bonds is 2. The highest BCUT2D eigenvalue weighted by Crippen LogP contribution is 2.35. The van der Waals surface area contributed by atoms with Crippen molar-refractivity contribution in [3.05, 3.63) is 45.2 Å². The lowest BCUT2D eigenvalue weighted by atomic mass is 10.0. The summed E-state index contributed by atoms with van der Waals surface area (Å²) in [6.45, 7) is 2.17. The van der Waals surface area contributed by atoms with Crippen LogP contribution in [0.15, 0.2) is 18.2 Å². The lowest BCUT2D eigenvalue weighted by molar-refractivity contribution is 0.0398. The molecule has 1 aromatic carbocycles. The van der Waals surface area contributed by atoms with E-state index < -0.39 is 0 Å². The van der Waals surface area contributed by atoms with Crippen LogP contribution in [0.2, 0.25) is 5.02 Å². The molecule has 1 unspecified atom stereocenters. The fourth-order valence-corrected chi connectivity index (χ4v) is 4.72. The van der Waals surface area contributed by atoms with Gasteiger partial charge in [-0.25, -0.2) is 9.37 Å². The van der Waals surface area contributed by atoms with Gasteiger partial charge in [0.15, 0.2) is 5.13 Å². The van der Waals surface area contributed by atoms with Gasteiger partial charge in [-0.2, -0.15) is 0 Å². The second-order valence-electron chi connectivity index (χ2n) is 6.04. The van der Waals surface area contributed by atoms with E-state index in [-0.39, 0.29) is 11.9 Å². The molecule has 2 heterocycles. The number of aromatic nitrogens is 1. The fourth-order valence-electron chi connectivity index (χ4n) is 3.25. The van der Waals surface area contributed by atoms with Crippen LogP contribution in [-0.4, -0.2) is 24.7 Å². The zero-order valence-electron chi connectivity index (χ0n) is 12.7. The van der Waals surface area contributed by atoms with Gasteiger partial charge >= 0.3 is 0 Å². The van der Waals surface area contributed by atoms with Gasteiger partial charge in [0.1, 0.15) is 11.9 Å². The first-order valence-electron chi connectivity index (χ1n) is 8.01. The summed E-state index contributed by atoms with van der Waals surface area (Å²) in [5.41, 5.74) is 2.12. The van der Waals surface area contributed by atoms with Gasteiger partial charge in [-0.3, -0.25) is 0 Å². The average Bonchev–Trinajstić information content (AvgIpc) is 2.99. The van der Waals surface area contributed by atoms with E-state index in [2.05, 4.69) is 4.90 Å². The van der Waals surface area contributed by atoms with Gasteiger partial charge in [-0.05, 0) is 37.8 Å². The second kappa shape index (κ2) is 6.38. The molecule has 0 bridgehead atoms. The molecule has 2 aliphatic rings. The van der Waals surface area contributed by atoms with Crippen molar-refractivity contribution in [2.45, 2.75) is 31.8 Å². The highest BCUT2D eigenvalue weighted by Gasteiger charge is 2.27. The van der Waals surface area contributed by atoms with Gasteiger partial charge in [-0.1, -0.05) is 17.7 Å². The van der Waals surface area contributed by atoms with E-state index in [1.807, 2.05) is 11.3 Å². The molecule has 23 heavy (non-hydrogen) atoms. The van der Waals surface area contributed by atoms with E-state index in [4.69, 9.17) is 21.3 Å². The lowest BCUT2D eigenvalue weighted by Crippen LogP contribution is -2.38. The summed E-state index contributed by atoms with van der Waals surface area (Å²) < 4.78 is 19.1. The number of benzene rings is 1. The number of anilines is 1. The van der Waals surface area contributed by atoms with E-state index in [0.717, 1.165) is 30.1 Å². The molecule has 1 aliphatic heterocycles. The predicted octanol–water partition coefficient (Wildman–Crippen LogP) is 4.39. The molecular formula is C17H18ClFN2OS. The topological polar surface area (TPSA) is 25.4 Å². The molecule has 0 saturated carbocycles. The van der Waals surface area contributed by atoms with E-state index >= 15 is 0 Å². The molecule has 1 saturated heterocycles. The van der Waals surface area contributed by atoms with Crippen LogP contribution in [0.25, 0.3) is 0 Å². The molecule has 4 rings (SSSR count). The van der Waals surface area contributed by atoms with E-state index in [1.165, 1.54) is 35.5 Å².